The summed E-state index contributed by atoms with van der Waals surface area (Å²) in [6.07, 6.45) is 7.61. The smallest absolute Gasteiger partial charge is 0.289 e. The van der Waals surface area contributed by atoms with Gasteiger partial charge in [-0.15, -0.1) is 0 Å². The van der Waals surface area contributed by atoms with Crippen LogP contribution in [0.4, 0.5) is 5.69 Å². The SMILES string of the molecule is C[C@@H]1CC/C=C\[C@@H]2C[C@@]2(C(=O)NS(=O)(=O)C2(C)CC2)CC(=O)[C@@H]2C[C@@H](Oc3nccc4c5c(ccc34)N(C)CCO5)CN2C(=O)[C@@H](CC(=O)C(=O)N(C)C)[C@H](C)C1. The molecule has 0 radical (unpaired) electrons. The highest BCUT2D eigenvalue weighted by atomic mass is 32.2. The highest BCUT2D eigenvalue weighted by Gasteiger charge is 2.62. The summed E-state index contributed by atoms with van der Waals surface area (Å²) in [4.78, 5) is 79.1. The zero-order valence-electron chi connectivity index (χ0n) is 33.8. The van der Waals surface area contributed by atoms with Crippen molar-refractivity contribution in [3.8, 4) is 11.6 Å². The Bertz CT molecular complexity index is 2120. The van der Waals surface area contributed by atoms with Crippen LogP contribution in [0.25, 0.3) is 10.8 Å². The van der Waals surface area contributed by atoms with Crippen molar-refractivity contribution >= 4 is 55.8 Å². The number of amides is 3. The maximum atomic E-state index is 14.9. The molecule has 3 aliphatic heterocycles. The number of nitrogens with one attached hydrogen (secondary N) is 1. The number of hydrogen-bond donors (Lipinski definition) is 1. The molecule has 1 N–H and O–H groups in total. The van der Waals surface area contributed by atoms with Crippen LogP contribution in [0.5, 0.6) is 11.6 Å². The number of nitrogens with zero attached hydrogens (tertiary/aromatic N) is 4. The number of carbonyl (C=O) groups is 5. The van der Waals surface area contributed by atoms with Crippen LogP contribution in [0.15, 0.2) is 36.5 Å². The molecule has 308 valence electrons. The van der Waals surface area contributed by atoms with E-state index >= 15 is 0 Å². The molecule has 57 heavy (non-hydrogen) atoms. The Morgan fingerprint density at radius 3 is 2.56 bits per heavy atom. The molecule has 5 aliphatic rings. The van der Waals surface area contributed by atoms with E-state index in [1.807, 2.05) is 44.3 Å². The number of anilines is 1. The van der Waals surface area contributed by atoms with Crippen molar-refractivity contribution in [3.05, 3.63) is 36.5 Å². The van der Waals surface area contributed by atoms with Gasteiger partial charge in [-0.1, -0.05) is 26.0 Å². The molecule has 7 rings (SSSR count). The fraction of sp³-hybridized carbons (Fsp3) is 0.619. The van der Waals surface area contributed by atoms with E-state index in [1.165, 1.54) is 23.9 Å². The number of Topliss-reactive ketones (excluding diaryl/α,β-unsaturated/α-hetero) is 2. The van der Waals surface area contributed by atoms with Crippen molar-refractivity contribution in [3.63, 3.8) is 0 Å². The molecule has 1 aromatic heterocycles. The standard InChI is InChI=1S/C42H55N5O9S/c1-25-9-7-8-10-27-22-42(27,40(52)44-57(53,54)41(3)14-15-41)23-35(49)33-20-28(24-47(33)38(50)31(26(2)19-25)21-34(48)39(51)45(4)5)56-37-30-11-12-32-36(29(30)13-16-43-37)55-18-17-46(32)6/h8,10-13,16,25-28,31,33H,7,9,14-15,17-24H2,1-6H3,(H,44,52)/b10-8-/t25-,26-,27-,28-,31+,33+,42-/m1/s1. The second kappa shape index (κ2) is 15.3. The number of ketones is 2. The lowest BCUT2D eigenvalue weighted by Gasteiger charge is -2.32. The number of hydrogen-bond acceptors (Lipinski definition) is 11. The quantitative estimate of drug-likeness (QED) is 0.302. The van der Waals surface area contributed by atoms with Crippen molar-refractivity contribution in [2.45, 2.75) is 95.5 Å². The third-order valence-corrected chi connectivity index (χ3v) is 15.2. The summed E-state index contributed by atoms with van der Waals surface area (Å²) in [7, 11) is 1.00. The van der Waals surface area contributed by atoms with Crippen LogP contribution in [-0.2, 0) is 34.0 Å². The normalized spacial score (nSPS) is 30.4. The molecule has 15 heteroatoms. The van der Waals surface area contributed by atoms with Gasteiger partial charge in [0, 0.05) is 63.3 Å². The van der Waals surface area contributed by atoms with E-state index in [0.717, 1.165) is 29.8 Å². The number of aromatic nitrogens is 1. The average Bonchev–Trinajstić information content (AvgIpc) is 4.05. The van der Waals surface area contributed by atoms with Gasteiger partial charge >= 0.3 is 0 Å². The summed E-state index contributed by atoms with van der Waals surface area (Å²) in [5.74, 6) is -3.29. The molecular weight excluding hydrogens is 751 g/mol. The number of pyridine rings is 1. The molecule has 3 fully saturated rings. The molecule has 14 nitrogen and oxygen atoms in total. The molecular formula is C42H55N5O9S. The lowest BCUT2D eigenvalue weighted by atomic mass is 9.81. The van der Waals surface area contributed by atoms with E-state index in [-0.39, 0.29) is 43.6 Å². The lowest BCUT2D eigenvalue weighted by molar-refractivity contribution is -0.148. The van der Waals surface area contributed by atoms with Crippen molar-refractivity contribution < 1.29 is 41.9 Å². The first-order chi connectivity index (χ1) is 26.9. The summed E-state index contributed by atoms with van der Waals surface area (Å²) in [6.45, 7) is 6.87. The Balaban J connectivity index is 1.23. The highest BCUT2D eigenvalue weighted by Crippen LogP contribution is 2.58. The summed E-state index contributed by atoms with van der Waals surface area (Å²) in [5, 5.41) is 1.52. The molecule has 4 heterocycles. The van der Waals surface area contributed by atoms with Gasteiger partial charge in [0.1, 0.15) is 12.7 Å². The average molecular weight is 806 g/mol. The Kier molecular flexibility index (Phi) is 10.9. The van der Waals surface area contributed by atoms with Gasteiger partial charge in [0.05, 0.1) is 35.0 Å². The predicted octanol–water partition coefficient (Wildman–Crippen LogP) is 4.05. The zero-order chi connectivity index (χ0) is 41.0. The number of ether oxygens (including phenoxy) is 2. The van der Waals surface area contributed by atoms with Crippen LogP contribution in [-0.4, -0.2) is 110 Å². The van der Waals surface area contributed by atoms with Gasteiger partial charge in [0.2, 0.25) is 33.5 Å². The first-order valence-corrected chi connectivity index (χ1v) is 21.7. The second-order valence-corrected chi connectivity index (χ2v) is 19.8. The van der Waals surface area contributed by atoms with Crippen LogP contribution in [0, 0.1) is 29.1 Å². The van der Waals surface area contributed by atoms with Gasteiger partial charge in [-0.3, -0.25) is 28.7 Å². The number of rotatable bonds is 8. The van der Waals surface area contributed by atoms with E-state index in [0.29, 0.717) is 50.0 Å². The number of allylic oxidation sites excluding steroid dienone is 2. The molecule has 2 saturated carbocycles. The molecule has 0 bridgehead atoms. The monoisotopic (exact) mass is 805 g/mol. The van der Waals surface area contributed by atoms with Crippen molar-refractivity contribution in [2.75, 3.05) is 45.7 Å². The minimum atomic E-state index is -3.97. The molecule has 1 saturated heterocycles. The topological polar surface area (TPSA) is 173 Å². The molecule has 2 aromatic rings. The third kappa shape index (κ3) is 7.88. The zero-order valence-corrected chi connectivity index (χ0v) is 34.6. The first kappa shape index (κ1) is 40.7. The van der Waals surface area contributed by atoms with Crippen LogP contribution >= 0.6 is 0 Å². The van der Waals surface area contributed by atoms with Crippen LogP contribution in [0.1, 0.15) is 78.6 Å². The van der Waals surface area contributed by atoms with E-state index < -0.39 is 67.5 Å². The third-order valence-electron chi connectivity index (χ3n) is 13.0. The first-order valence-electron chi connectivity index (χ1n) is 20.2. The summed E-state index contributed by atoms with van der Waals surface area (Å²) < 4.78 is 40.4. The van der Waals surface area contributed by atoms with E-state index in [2.05, 4.69) is 21.5 Å². The van der Waals surface area contributed by atoms with Crippen molar-refractivity contribution in [2.24, 2.45) is 29.1 Å². The van der Waals surface area contributed by atoms with Crippen molar-refractivity contribution in [1.82, 2.24) is 19.5 Å². The fourth-order valence-electron chi connectivity index (χ4n) is 8.92. The van der Waals surface area contributed by atoms with Gasteiger partial charge < -0.3 is 24.2 Å². The Morgan fingerprint density at radius 2 is 1.84 bits per heavy atom. The highest BCUT2D eigenvalue weighted by molar-refractivity contribution is 7.91. The van der Waals surface area contributed by atoms with E-state index in [4.69, 9.17) is 9.47 Å². The van der Waals surface area contributed by atoms with Gasteiger partial charge in [-0.25, -0.2) is 13.4 Å². The molecule has 0 unspecified atom stereocenters. The van der Waals surface area contributed by atoms with Crippen LogP contribution in [0.2, 0.25) is 0 Å². The number of fused-ring (bicyclic) bond motifs is 5. The number of carbonyl (C=O) groups excluding carboxylic acids is 5. The van der Waals surface area contributed by atoms with Crippen LogP contribution < -0.4 is 19.1 Å². The second-order valence-electron chi connectivity index (χ2n) is 17.6. The Morgan fingerprint density at radius 1 is 1.09 bits per heavy atom. The van der Waals surface area contributed by atoms with E-state index in [9.17, 15) is 32.4 Å². The molecule has 3 amide bonds. The summed E-state index contributed by atoms with van der Waals surface area (Å²) in [6, 6.07) is 4.69. The largest absolute Gasteiger partial charge is 0.489 e. The van der Waals surface area contributed by atoms with Gasteiger partial charge in [-0.2, -0.15) is 0 Å². The predicted molar refractivity (Wildman–Crippen MR) is 213 cm³/mol. The minimum absolute atomic E-state index is 0.00133. The molecule has 2 aliphatic carbocycles. The maximum Gasteiger partial charge on any atom is 0.289 e. The maximum absolute atomic E-state index is 14.9. The number of sulfonamides is 1. The summed E-state index contributed by atoms with van der Waals surface area (Å²) in [5.41, 5.74) is -0.355. The van der Waals surface area contributed by atoms with Crippen LogP contribution in [0.3, 0.4) is 0 Å². The number of likely N-dealkylation sites (N-methyl/N-ethyl adjacent to an activating group) is 2. The number of benzene rings is 1. The van der Waals surface area contributed by atoms with Gasteiger partial charge in [0.15, 0.2) is 11.5 Å². The summed E-state index contributed by atoms with van der Waals surface area (Å²) >= 11 is 0. The fourth-order valence-corrected chi connectivity index (χ4v) is 10.3. The molecule has 1 aromatic carbocycles. The minimum Gasteiger partial charge on any atom is -0.489 e. The van der Waals surface area contributed by atoms with Gasteiger partial charge in [-0.05, 0) is 81.4 Å². The van der Waals surface area contributed by atoms with Crippen molar-refractivity contribution in [1.29, 1.82) is 0 Å². The Hall–Kier alpha value is -4.53. The Labute approximate surface area is 334 Å². The lowest BCUT2D eigenvalue weighted by Crippen LogP contribution is -2.48. The van der Waals surface area contributed by atoms with E-state index in [1.54, 1.807) is 13.1 Å². The molecule has 7 atom stereocenters. The molecule has 0 spiro atoms. The van der Waals surface area contributed by atoms with Gasteiger partial charge in [0.25, 0.3) is 5.91 Å².